The van der Waals surface area contributed by atoms with Crippen molar-refractivity contribution in [3.63, 3.8) is 0 Å². The number of hydrogen-bond acceptors (Lipinski definition) is 3. The Balaban J connectivity index is 1.79. The molecule has 0 atom stereocenters. The number of alkyl halides is 3. The topological polar surface area (TPSA) is 47.7 Å². The highest BCUT2D eigenvalue weighted by atomic mass is 19.4. The molecule has 0 fully saturated rings. The SMILES string of the molecule is CCn1ccc(CNCc2ccn(CC(F)(F)F)n2)n1. The van der Waals surface area contributed by atoms with E-state index in [1.54, 1.807) is 6.07 Å². The van der Waals surface area contributed by atoms with Gasteiger partial charge in [-0.2, -0.15) is 23.4 Å². The molecule has 20 heavy (non-hydrogen) atoms. The summed E-state index contributed by atoms with van der Waals surface area (Å²) in [5.74, 6) is 0. The minimum absolute atomic E-state index is 0.407. The molecule has 0 aliphatic carbocycles. The second-order valence-electron chi connectivity index (χ2n) is 4.39. The zero-order chi connectivity index (χ0) is 14.6. The Hall–Kier alpha value is -1.83. The Kier molecular flexibility index (Phi) is 4.43. The van der Waals surface area contributed by atoms with Crippen molar-refractivity contribution in [1.82, 2.24) is 24.9 Å². The van der Waals surface area contributed by atoms with Crippen molar-refractivity contribution >= 4 is 0 Å². The normalized spacial score (nSPS) is 12.0. The van der Waals surface area contributed by atoms with Crippen molar-refractivity contribution < 1.29 is 13.2 Å². The van der Waals surface area contributed by atoms with Gasteiger partial charge in [0.2, 0.25) is 0 Å². The van der Waals surface area contributed by atoms with E-state index in [2.05, 4.69) is 15.5 Å². The standard InChI is InChI=1S/C12H16F3N5/c1-2-19-5-3-10(17-19)7-16-8-11-4-6-20(18-11)9-12(13,14)15/h3-6,16H,2,7-9H2,1H3. The molecule has 2 aromatic heterocycles. The van der Waals surface area contributed by atoms with Gasteiger partial charge in [-0.3, -0.25) is 9.36 Å². The third kappa shape index (κ3) is 4.37. The molecular weight excluding hydrogens is 271 g/mol. The van der Waals surface area contributed by atoms with Crippen molar-refractivity contribution in [3.8, 4) is 0 Å². The summed E-state index contributed by atoms with van der Waals surface area (Å²) in [6.07, 6.45) is -1.03. The Bertz CT molecular complexity index is 543. The van der Waals surface area contributed by atoms with E-state index in [0.717, 1.165) is 16.9 Å². The van der Waals surface area contributed by atoms with Gasteiger partial charge in [-0.05, 0) is 19.1 Å². The average molecular weight is 287 g/mol. The average Bonchev–Trinajstić information content (AvgIpc) is 2.97. The predicted octanol–water partition coefficient (Wildman–Crippen LogP) is 1.95. The lowest BCUT2D eigenvalue weighted by atomic mass is 10.4. The van der Waals surface area contributed by atoms with Crippen LogP contribution in [0.5, 0.6) is 0 Å². The fourth-order valence-corrected chi connectivity index (χ4v) is 1.76. The molecule has 0 radical (unpaired) electrons. The first kappa shape index (κ1) is 14.6. The van der Waals surface area contributed by atoms with Crippen molar-refractivity contribution in [2.24, 2.45) is 0 Å². The maximum atomic E-state index is 12.2. The van der Waals surface area contributed by atoms with Crippen LogP contribution in [0.4, 0.5) is 13.2 Å². The molecule has 1 N–H and O–H groups in total. The highest BCUT2D eigenvalue weighted by Crippen LogP contribution is 2.16. The summed E-state index contributed by atoms with van der Waals surface area (Å²) in [4.78, 5) is 0. The molecule has 8 heteroatoms. The van der Waals surface area contributed by atoms with Crippen LogP contribution in [0.2, 0.25) is 0 Å². The van der Waals surface area contributed by atoms with Crippen LogP contribution < -0.4 is 5.32 Å². The molecule has 0 aliphatic rings. The number of aryl methyl sites for hydroxylation is 1. The Labute approximate surface area is 114 Å². The second kappa shape index (κ2) is 6.08. The number of nitrogens with one attached hydrogen (secondary N) is 1. The van der Waals surface area contributed by atoms with Crippen LogP contribution >= 0.6 is 0 Å². The molecule has 0 aromatic carbocycles. The first-order chi connectivity index (χ1) is 9.46. The number of rotatable bonds is 6. The van der Waals surface area contributed by atoms with Crippen molar-refractivity contribution in [1.29, 1.82) is 0 Å². The van der Waals surface area contributed by atoms with Crippen LogP contribution in [0.3, 0.4) is 0 Å². The van der Waals surface area contributed by atoms with E-state index >= 15 is 0 Å². The Morgan fingerprint density at radius 1 is 1.05 bits per heavy atom. The lowest BCUT2D eigenvalue weighted by Crippen LogP contribution is -2.19. The molecule has 5 nitrogen and oxygen atoms in total. The van der Waals surface area contributed by atoms with Gasteiger partial charge < -0.3 is 5.32 Å². The molecular formula is C12H16F3N5. The van der Waals surface area contributed by atoms with E-state index in [4.69, 9.17) is 0 Å². The summed E-state index contributed by atoms with van der Waals surface area (Å²) < 4.78 is 39.2. The van der Waals surface area contributed by atoms with Gasteiger partial charge in [-0.25, -0.2) is 0 Å². The molecule has 0 amide bonds. The first-order valence-corrected chi connectivity index (χ1v) is 6.28. The van der Waals surface area contributed by atoms with E-state index in [1.165, 1.54) is 6.20 Å². The maximum Gasteiger partial charge on any atom is 0.408 e. The van der Waals surface area contributed by atoms with Crippen LogP contribution in [-0.2, 0) is 26.2 Å². The van der Waals surface area contributed by atoms with Gasteiger partial charge >= 0.3 is 6.18 Å². The highest BCUT2D eigenvalue weighted by Gasteiger charge is 2.28. The minimum Gasteiger partial charge on any atom is -0.305 e. The molecule has 0 spiro atoms. The van der Waals surface area contributed by atoms with Gasteiger partial charge in [0.1, 0.15) is 6.54 Å². The Morgan fingerprint density at radius 3 is 2.10 bits per heavy atom. The van der Waals surface area contributed by atoms with Crippen LogP contribution in [-0.4, -0.2) is 25.7 Å². The third-order valence-electron chi connectivity index (χ3n) is 2.67. The van der Waals surface area contributed by atoms with Gasteiger partial charge in [0.05, 0.1) is 11.4 Å². The van der Waals surface area contributed by atoms with E-state index in [1.807, 2.05) is 23.9 Å². The zero-order valence-electron chi connectivity index (χ0n) is 11.1. The van der Waals surface area contributed by atoms with Crippen LogP contribution in [0.1, 0.15) is 18.3 Å². The van der Waals surface area contributed by atoms with Crippen LogP contribution in [0.25, 0.3) is 0 Å². The van der Waals surface area contributed by atoms with Crippen molar-refractivity contribution in [2.75, 3.05) is 0 Å². The van der Waals surface area contributed by atoms with Crippen molar-refractivity contribution in [2.45, 2.75) is 39.3 Å². The van der Waals surface area contributed by atoms with Gasteiger partial charge in [0, 0.05) is 32.0 Å². The van der Waals surface area contributed by atoms with Gasteiger partial charge in [0.15, 0.2) is 0 Å². The van der Waals surface area contributed by atoms with Gasteiger partial charge in [-0.15, -0.1) is 0 Å². The predicted molar refractivity (Wildman–Crippen MR) is 66.7 cm³/mol. The Morgan fingerprint density at radius 2 is 1.60 bits per heavy atom. The van der Waals surface area contributed by atoms with Crippen LogP contribution in [0, 0.1) is 0 Å². The lowest BCUT2D eigenvalue weighted by molar-refractivity contribution is -0.142. The second-order valence-corrected chi connectivity index (χ2v) is 4.39. The molecule has 0 saturated heterocycles. The number of nitrogens with zero attached hydrogens (tertiary/aromatic N) is 4. The molecule has 110 valence electrons. The van der Waals surface area contributed by atoms with E-state index in [0.29, 0.717) is 18.8 Å². The van der Waals surface area contributed by atoms with E-state index in [9.17, 15) is 13.2 Å². The molecule has 0 unspecified atom stereocenters. The summed E-state index contributed by atoms with van der Waals surface area (Å²) in [5.41, 5.74) is 1.46. The first-order valence-electron chi connectivity index (χ1n) is 6.28. The largest absolute Gasteiger partial charge is 0.408 e. The number of aromatic nitrogens is 4. The number of hydrogen-bond donors (Lipinski definition) is 1. The summed E-state index contributed by atoms with van der Waals surface area (Å²) >= 11 is 0. The molecule has 0 saturated carbocycles. The smallest absolute Gasteiger partial charge is 0.305 e. The maximum absolute atomic E-state index is 12.2. The lowest BCUT2D eigenvalue weighted by Gasteiger charge is -2.05. The fraction of sp³-hybridized carbons (Fsp3) is 0.500. The van der Waals surface area contributed by atoms with E-state index in [-0.39, 0.29) is 0 Å². The third-order valence-corrected chi connectivity index (χ3v) is 2.67. The van der Waals surface area contributed by atoms with Gasteiger partial charge in [-0.1, -0.05) is 0 Å². The summed E-state index contributed by atoms with van der Waals surface area (Å²) in [7, 11) is 0. The molecule has 2 aromatic rings. The highest BCUT2D eigenvalue weighted by molar-refractivity contribution is 5.01. The van der Waals surface area contributed by atoms with Crippen molar-refractivity contribution in [3.05, 3.63) is 35.9 Å². The van der Waals surface area contributed by atoms with Crippen LogP contribution in [0.15, 0.2) is 24.5 Å². The molecule has 2 rings (SSSR count). The van der Waals surface area contributed by atoms with Gasteiger partial charge in [0.25, 0.3) is 0 Å². The quantitative estimate of drug-likeness (QED) is 0.883. The molecule has 2 heterocycles. The molecule has 0 aliphatic heterocycles. The number of halogens is 3. The summed E-state index contributed by atoms with van der Waals surface area (Å²) in [6, 6.07) is 3.47. The minimum atomic E-state index is -4.25. The monoisotopic (exact) mass is 287 g/mol. The summed E-state index contributed by atoms with van der Waals surface area (Å²) in [5, 5.41) is 11.2. The fourth-order valence-electron chi connectivity index (χ4n) is 1.76. The zero-order valence-corrected chi connectivity index (χ0v) is 11.1. The molecule has 0 bridgehead atoms. The van der Waals surface area contributed by atoms with E-state index < -0.39 is 12.7 Å². The summed E-state index contributed by atoms with van der Waals surface area (Å²) in [6.45, 7) is 2.70.